The molecule has 0 spiro atoms. The molecule has 3 aromatic rings. The van der Waals surface area contributed by atoms with Gasteiger partial charge in [0.25, 0.3) is 0 Å². The van der Waals surface area contributed by atoms with Gasteiger partial charge < -0.3 is 10.6 Å². The van der Waals surface area contributed by atoms with Gasteiger partial charge in [-0.05, 0) is 30.2 Å². The fraction of sp³-hybridized carbons (Fsp3) is 0.294. The predicted octanol–water partition coefficient (Wildman–Crippen LogP) is 1.66. The summed E-state index contributed by atoms with van der Waals surface area (Å²) in [5.74, 6) is 0.978. The summed E-state index contributed by atoms with van der Waals surface area (Å²) in [6.07, 6.45) is 6.93. The Hall–Kier alpha value is -3.16. The summed E-state index contributed by atoms with van der Waals surface area (Å²) < 4.78 is 3.70. The van der Waals surface area contributed by atoms with E-state index >= 15 is 0 Å². The first-order valence-electron chi connectivity index (χ1n) is 8.27. The number of carbonyl (C=O) groups excluding carboxylic acids is 1. The molecule has 1 aromatic carbocycles. The summed E-state index contributed by atoms with van der Waals surface area (Å²) in [6, 6.07) is 9.53. The van der Waals surface area contributed by atoms with Crippen molar-refractivity contribution in [3.05, 3.63) is 60.4 Å². The highest BCUT2D eigenvalue weighted by Gasteiger charge is 2.21. The molecule has 0 saturated carbocycles. The van der Waals surface area contributed by atoms with Crippen LogP contribution >= 0.6 is 0 Å². The number of fused-ring (bicyclic) bond motifs is 1. The second kappa shape index (κ2) is 6.76. The number of aromatic nitrogens is 5. The lowest BCUT2D eigenvalue weighted by Crippen LogP contribution is -2.43. The van der Waals surface area contributed by atoms with E-state index in [2.05, 4.69) is 25.8 Å². The summed E-state index contributed by atoms with van der Waals surface area (Å²) in [4.78, 5) is 16.4. The molecule has 3 heterocycles. The van der Waals surface area contributed by atoms with Crippen molar-refractivity contribution in [3.63, 3.8) is 0 Å². The van der Waals surface area contributed by atoms with E-state index in [9.17, 15) is 4.79 Å². The zero-order valence-corrected chi connectivity index (χ0v) is 13.7. The van der Waals surface area contributed by atoms with Gasteiger partial charge in [-0.15, -0.1) is 0 Å². The number of carbonyl (C=O) groups is 1. The van der Waals surface area contributed by atoms with Crippen LogP contribution in [0.25, 0.3) is 0 Å². The van der Waals surface area contributed by atoms with Crippen LogP contribution in [-0.2, 0) is 19.5 Å². The Bertz CT molecular complexity index is 838. The van der Waals surface area contributed by atoms with Crippen LogP contribution in [0.1, 0.15) is 17.8 Å². The number of rotatable bonds is 4. The van der Waals surface area contributed by atoms with Crippen LogP contribution in [-0.4, -0.2) is 36.6 Å². The molecule has 0 radical (unpaired) electrons. The van der Waals surface area contributed by atoms with Crippen LogP contribution in [0.5, 0.6) is 0 Å². The minimum atomic E-state index is -0.201. The van der Waals surface area contributed by atoms with Crippen molar-refractivity contribution in [1.29, 1.82) is 0 Å². The quantitative estimate of drug-likeness (QED) is 0.758. The number of nitrogens with one attached hydrogen (secondary N) is 2. The second-order valence-electron chi connectivity index (χ2n) is 6.09. The van der Waals surface area contributed by atoms with Gasteiger partial charge in [-0.25, -0.2) is 14.5 Å². The van der Waals surface area contributed by atoms with Gasteiger partial charge in [-0.3, -0.25) is 4.68 Å². The molecule has 1 aliphatic rings. The zero-order valence-electron chi connectivity index (χ0n) is 13.7. The highest BCUT2D eigenvalue weighted by Crippen LogP contribution is 2.13. The molecule has 8 heteroatoms. The van der Waals surface area contributed by atoms with Gasteiger partial charge in [-0.1, -0.05) is 12.1 Å². The molecule has 2 amide bonds. The smallest absolute Gasteiger partial charge is 0.319 e. The van der Waals surface area contributed by atoms with Crippen molar-refractivity contribution in [2.45, 2.75) is 32.0 Å². The van der Waals surface area contributed by atoms with E-state index in [4.69, 9.17) is 0 Å². The molecule has 1 aliphatic heterocycles. The third kappa shape index (κ3) is 3.68. The number of amides is 2. The van der Waals surface area contributed by atoms with Gasteiger partial charge in [0.15, 0.2) is 0 Å². The monoisotopic (exact) mass is 337 g/mol. The van der Waals surface area contributed by atoms with E-state index in [1.54, 1.807) is 12.5 Å². The Morgan fingerprint density at radius 2 is 2.12 bits per heavy atom. The number of benzene rings is 1. The molecule has 1 unspecified atom stereocenters. The molecular formula is C17H19N7O. The number of hydrogen-bond acceptors (Lipinski definition) is 4. The van der Waals surface area contributed by atoms with E-state index in [-0.39, 0.29) is 12.1 Å². The normalized spacial score (nSPS) is 16.2. The first kappa shape index (κ1) is 15.4. The van der Waals surface area contributed by atoms with Crippen LogP contribution in [0.15, 0.2) is 49.1 Å². The topological polar surface area (TPSA) is 89.7 Å². The molecule has 0 fully saturated rings. The minimum Gasteiger partial charge on any atom is -0.333 e. The molecule has 2 N–H and O–H groups in total. The summed E-state index contributed by atoms with van der Waals surface area (Å²) in [5, 5.41) is 14.2. The zero-order chi connectivity index (χ0) is 17.1. The first-order valence-corrected chi connectivity index (χ1v) is 8.27. The Morgan fingerprint density at radius 3 is 2.92 bits per heavy atom. The van der Waals surface area contributed by atoms with Gasteiger partial charge in [0.1, 0.15) is 12.2 Å². The SMILES string of the molecule is O=C(Nc1ccc(Cn2cccn2)cc1)NC1CCc2ncnn2C1. The molecule has 1 atom stereocenters. The van der Waals surface area contributed by atoms with Crippen molar-refractivity contribution in [3.8, 4) is 0 Å². The first-order chi connectivity index (χ1) is 12.3. The molecule has 8 nitrogen and oxygen atoms in total. The average molecular weight is 337 g/mol. The molecule has 4 rings (SSSR count). The summed E-state index contributed by atoms with van der Waals surface area (Å²) in [6.45, 7) is 1.37. The van der Waals surface area contributed by atoms with Crippen LogP contribution in [0.3, 0.4) is 0 Å². The standard InChI is InChI=1S/C17H19N7O/c25-17(22-15-6-7-16-18-12-20-24(16)11-15)21-14-4-2-13(3-5-14)10-23-9-1-8-19-23/h1-5,8-9,12,15H,6-7,10-11H2,(H2,21,22,25). The molecule has 0 aliphatic carbocycles. The van der Waals surface area contributed by atoms with E-state index in [1.165, 1.54) is 0 Å². The third-order valence-electron chi connectivity index (χ3n) is 4.26. The second-order valence-corrected chi connectivity index (χ2v) is 6.09. The van der Waals surface area contributed by atoms with E-state index in [0.717, 1.165) is 29.9 Å². The van der Waals surface area contributed by atoms with E-state index in [0.29, 0.717) is 13.1 Å². The van der Waals surface area contributed by atoms with Crippen molar-refractivity contribution >= 4 is 11.7 Å². The summed E-state index contributed by atoms with van der Waals surface area (Å²) >= 11 is 0. The molecule has 0 bridgehead atoms. The molecular weight excluding hydrogens is 318 g/mol. The highest BCUT2D eigenvalue weighted by molar-refractivity contribution is 5.89. The van der Waals surface area contributed by atoms with Crippen molar-refractivity contribution in [2.24, 2.45) is 0 Å². The number of aryl methyl sites for hydroxylation is 1. The maximum atomic E-state index is 12.2. The lowest BCUT2D eigenvalue weighted by atomic mass is 10.1. The summed E-state index contributed by atoms with van der Waals surface area (Å²) in [5.41, 5.74) is 1.89. The maximum Gasteiger partial charge on any atom is 0.319 e. The Balaban J connectivity index is 1.30. The van der Waals surface area contributed by atoms with Gasteiger partial charge in [0.2, 0.25) is 0 Å². The number of urea groups is 1. The lowest BCUT2D eigenvalue weighted by molar-refractivity contribution is 0.243. The van der Waals surface area contributed by atoms with Gasteiger partial charge in [0.05, 0.1) is 19.1 Å². The van der Waals surface area contributed by atoms with Crippen LogP contribution in [0, 0.1) is 0 Å². The van der Waals surface area contributed by atoms with E-state index < -0.39 is 0 Å². The van der Waals surface area contributed by atoms with Crippen LogP contribution in [0.4, 0.5) is 10.5 Å². The Labute approximate surface area is 144 Å². The number of nitrogens with zero attached hydrogens (tertiary/aromatic N) is 5. The number of hydrogen-bond donors (Lipinski definition) is 2. The van der Waals surface area contributed by atoms with Crippen LogP contribution < -0.4 is 10.6 Å². The fourth-order valence-electron chi connectivity index (χ4n) is 2.98. The van der Waals surface area contributed by atoms with Crippen molar-refractivity contribution in [2.75, 3.05) is 5.32 Å². The highest BCUT2D eigenvalue weighted by atomic mass is 16.2. The largest absolute Gasteiger partial charge is 0.333 e. The van der Waals surface area contributed by atoms with Gasteiger partial charge >= 0.3 is 6.03 Å². The average Bonchev–Trinajstić information content (AvgIpc) is 3.27. The minimum absolute atomic E-state index is 0.0632. The van der Waals surface area contributed by atoms with Crippen molar-refractivity contribution in [1.82, 2.24) is 29.9 Å². The molecule has 128 valence electrons. The Kier molecular flexibility index (Phi) is 4.16. The van der Waals surface area contributed by atoms with Crippen molar-refractivity contribution < 1.29 is 4.79 Å². The molecule has 2 aromatic heterocycles. The van der Waals surface area contributed by atoms with Crippen LogP contribution in [0.2, 0.25) is 0 Å². The van der Waals surface area contributed by atoms with Gasteiger partial charge in [-0.2, -0.15) is 10.2 Å². The fourth-order valence-corrected chi connectivity index (χ4v) is 2.98. The molecule has 0 saturated heterocycles. The Morgan fingerprint density at radius 1 is 1.24 bits per heavy atom. The van der Waals surface area contributed by atoms with E-state index in [1.807, 2.05) is 45.9 Å². The number of anilines is 1. The molecule has 25 heavy (non-hydrogen) atoms. The van der Waals surface area contributed by atoms with Gasteiger partial charge in [0, 0.05) is 24.5 Å². The summed E-state index contributed by atoms with van der Waals surface area (Å²) in [7, 11) is 0. The maximum absolute atomic E-state index is 12.2. The third-order valence-corrected chi connectivity index (χ3v) is 4.26. The lowest BCUT2D eigenvalue weighted by Gasteiger charge is -2.23. The predicted molar refractivity (Wildman–Crippen MR) is 92.1 cm³/mol.